The van der Waals surface area contributed by atoms with E-state index in [-0.39, 0.29) is 22.4 Å². The highest BCUT2D eigenvalue weighted by molar-refractivity contribution is 7.91. The number of rotatable bonds is 5. The molecular formula is C21H15ClN6O3S. The number of hydrogen-bond donors (Lipinski definition) is 2. The Labute approximate surface area is 187 Å². The quantitative estimate of drug-likeness (QED) is 0.410. The van der Waals surface area contributed by atoms with E-state index in [1.54, 1.807) is 36.5 Å². The van der Waals surface area contributed by atoms with Gasteiger partial charge in [0, 0.05) is 24.3 Å². The monoisotopic (exact) mass is 466 g/mol. The zero-order valence-electron chi connectivity index (χ0n) is 16.4. The van der Waals surface area contributed by atoms with Crippen LogP contribution in [0.3, 0.4) is 0 Å². The minimum Gasteiger partial charge on any atom is -0.348 e. The molecule has 0 saturated carbocycles. The molecule has 4 aromatic heterocycles. The van der Waals surface area contributed by atoms with Crippen molar-refractivity contribution in [3.8, 4) is 0 Å². The lowest BCUT2D eigenvalue weighted by molar-refractivity contribution is 0.0950. The van der Waals surface area contributed by atoms with Crippen molar-refractivity contribution >= 4 is 44.0 Å². The SMILES string of the molecule is O=C(NCc1ccc(S(=O)(=O)c2cnc3ccc(Cl)cn23)cc1)c1cnc2[nH]ncc2c1. The molecule has 9 nitrogen and oxygen atoms in total. The smallest absolute Gasteiger partial charge is 0.253 e. The average Bonchev–Trinajstić information content (AvgIpc) is 3.44. The third-order valence-electron chi connectivity index (χ3n) is 4.95. The van der Waals surface area contributed by atoms with Crippen molar-refractivity contribution < 1.29 is 13.2 Å². The van der Waals surface area contributed by atoms with Crippen LogP contribution < -0.4 is 5.32 Å². The van der Waals surface area contributed by atoms with E-state index < -0.39 is 9.84 Å². The molecule has 0 aliphatic rings. The van der Waals surface area contributed by atoms with Crippen LogP contribution in [0.2, 0.25) is 5.02 Å². The van der Waals surface area contributed by atoms with Crippen molar-refractivity contribution in [1.29, 1.82) is 0 Å². The first kappa shape index (κ1) is 20.2. The fourth-order valence-electron chi connectivity index (χ4n) is 3.28. The highest BCUT2D eigenvalue weighted by Gasteiger charge is 2.22. The van der Waals surface area contributed by atoms with E-state index in [9.17, 15) is 13.2 Å². The second-order valence-corrected chi connectivity index (χ2v) is 9.37. The minimum atomic E-state index is -3.81. The highest BCUT2D eigenvalue weighted by Crippen LogP contribution is 2.23. The Kier molecular flexibility index (Phi) is 4.87. The lowest BCUT2D eigenvalue weighted by atomic mass is 10.2. The first-order valence-corrected chi connectivity index (χ1v) is 11.3. The topological polar surface area (TPSA) is 122 Å². The summed E-state index contributed by atoms with van der Waals surface area (Å²) in [5.41, 5.74) is 2.24. The third-order valence-corrected chi connectivity index (χ3v) is 6.92. The fourth-order valence-corrected chi connectivity index (χ4v) is 4.78. The number of benzene rings is 1. The van der Waals surface area contributed by atoms with Gasteiger partial charge in [-0.15, -0.1) is 0 Å². The van der Waals surface area contributed by atoms with Crippen molar-refractivity contribution in [2.45, 2.75) is 16.5 Å². The standard InChI is InChI=1S/C21H15ClN6O3S/c22-16-3-6-18-23-11-19(28(18)12-16)32(30,31)17-4-1-13(2-5-17)8-25-21(29)15-7-14-10-26-27-20(14)24-9-15/h1-7,9-12H,8H2,(H,25,29)(H,24,26,27). The molecule has 32 heavy (non-hydrogen) atoms. The fraction of sp³-hybridized carbons (Fsp3) is 0.0476. The van der Waals surface area contributed by atoms with Gasteiger partial charge in [-0.05, 0) is 35.9 Å². The molecule has 11 heteroatoms. The lowest BCUT2D eigenvalue weighted by Gasteiger charge is -2.08. The number of sulfone groups is 1. The van der Waals surface area contributed by atoms with E-state index in [1.807, 2.05) is 0 Å². The maximum Gasteiger partial charge on any atom is 0.253 e. The van der Waals surface area contributed by atoms with Crippen LogP contribution in [-0.2, 0) is 16.4 Å². The minimum absolute atomic E-state index is 0.0261. The van der Waals surface area contributed by atoms with Crippen LogP contribution in [0.5, 0.6) is 0 Å². The predicted molar refractivity (Wildman–Crippen MR) is 117 cm³/mol. The number of hydrogen-bond acceptors (Lipinski definition) is 6. The molecular weight excluding hydrogens is 452 g/mol. The molecule has 0 spiro atoms. The molecule has 0 bridgehead atoms. The molecule has 0 fully saturated rings. The van der Waals surface area contributed by atoms with E-state index in [4.69, 9.17) is 11.6 Å². The van der Waals surface area contributed by atoms with Crippen molar-refractivity contribution in [3.63, 3.8) is 0 Å². The number of nitrogens with zero attached hydrogens (tertiary/aromatic N) is 4. The average molecular weight is 467 g/mol. The Morgan fingerprint density at radius 2 is 1.88 bits per heavy atom. The zero-order valence-corrected chi connectivity index (χ0v) is 17.9. The van der Waals surface area contributed by atoms with E-state index >= 15 is 0 Å². The van der Waals surface area contributed by atoms with Crippen LogP contribution in [0.4, 0.5) is 0 Å². The number of imidazole rings is 1. The van der Waals surface area contributed by atoms with E-state index in [1.165, 1.54) is 35.1 Å². The van der Waals surface area contributed by atoms with Gasteiger partial charge in [-0.2, -0.15) is 5.10 Å². The van der Waals surface area contributed by atoms with Crippen LogP contribution >= 0.6 is 11.6 Å². The summed E-state index contributed by atoms with van der Waals surface area (Å²) in [5, 5.41) is 10.6. The number of H-pyrrole nitrogens is 1. The van der Waals surface area contributed by atoms with E-state index in [0.29, 0.717) is 21.9 Å². The Hall–Kier alpha value is -3.76. The summed E-state index contributed by atoms with van der Waals surface area (Å²) >= 11 is 6.01. The van der Waals surface area contributed by atoms with Crippen LogP contribution in [-0.4, -0.2) is 38.9 Å². The molecule has 4 heterocycles. The summed E-state index contributed by atoms with van der Waals surface area (Å²) in [4.78, 5) is 20.8. The van der Waals surface area contributed by atoms with Gasteiger partial charge in [-0.25, -0.2) is 18.4 Å². The number of carbonyl (C=O) groups is 1. The number of halogens is 1. The van der Waals surface area contributed by atoms with Gasteiger partial charge in [0.25, 0.3) is 5.91 Å². The number of pyridine rings is 2. The second-order valence-electron chi connectivity index (χ2n) is 7.03. The number of fused-ring (bicyclic) bond motifs is 2. The number of amides is 1. The first-order chi connectivity index (χ1) is 15.4. The summed E-state index contributed by atoms with van der Waals surface area (Å²) in [7, 11) is -3.81. The molecule has 0 unspecified atom stereocenters. The van der Waals surface area contributed by atoms with Crippen molar-refractivity contribution in [1.82, 2.24) is 29.9 Å². The summed E-state index contributed by atoms with van der Waals surface area (Å²) in [6.07, 6.45) is 5.88. The maximum absolute atomic E-state index is 13.1. The van der Waals surface area contributed by atoms with Gasteiger partial charge in [0.05, 0.1) is 27.9 Å². The number of carbonyl (C=O) groups excluding carboxylic acids is 1. The Morgan fingerprint density at radius 3 is 2.69 bits per heavy atom. The summed E-state index contributed by atoms with van der Waals surface area (Å²) in [6, 6.07) is 11.3. The molecule has 1 aromatic carbocycles. The predicted octanol–water partition coefficient (Wildman–Crippen LogP) is 3.02. The van der Waals surface area contributed by atoms with Crippen LogP contribution in [0.25, 0.3) is 16.7 Å². The van der Waals surface area contributed by atoms with E-state index in [2.05, 4.69) is 25.5 Å². The van der Waals surface area contributed by atoms with Gasteiger partial charge in [0.2, 0.25) is 9.84 Å². The summed E-state index contributed by atoms with van der Waals surface area (Å²) in [6.45, 7) is 0.230. The molecule has 0 radical (unpaired) electrons. The van der Waals surface area contributed by atoms with Crippen molar-refractivity contribution in [2.24, 2.45) is 0 Å². The molecule has 0 saturated heterocycles. The van der Waals surface area contributed by atoms with Gasteiger partial charge in [-0.3, -0.25) is 14.3 Å². The van der Waals surface area contributed by atoms with Crippen molar-refractivity contribution in [3.05, 3.63) is 83.4 Å². The molecule has 0 aliphatic heterocycles. The van der Waals surface area contributed by atoms with Gasteiger partial charge in [-0.1, -0.05) is 23.7 Å². The highest BCUT2D eigenvalue weighted by atomic mass is 35.5. The normalized spacial score (nSPS) is 11.8. The largest absolute Gasteiger partial charge is 0.348 e. The molecule has 5 rings (SSSR count). The van der Waals surface area contributed by atoms with Gasteiger partial charge >= 0.3 is 0 Å². The molecule has 160 valence electrons. The molecule has 0 aliphatic carbocycles. The summed E-state index contributed by atoms with van der Waals surface area (Å²) in [5.74, 6) is -0.292. The van der Waals surface area contributed by atoms with Crippen LogP contribution in [0, 0.1) is 0 Å². The van der Waals surface area contributed by atoms with Gasteiger partial charge in [0.15, 0.2) is 10.7 Å². The lowest BCUT2D eigenvalue weighted by Crippen LogP contribution is -2.22. The third kappa shape index (κ3) is 3.59. The summed E-state index contributed by atoms with van der Waals surface area (Å²) < 4.78 is 27.6. The second kappa shape index (κ2) is 7.74. The first-order valence-electron chi connectivity index (χ1n) is 9.46. The van der Waals surface area contributed by atoms with Gasteiger partial charge < -0.3 is 5.32 Å². The Morgan fingerprint density at radius 1 is 1.06 bits per heavy atom. The van der Waals surface area contributed by atoms with Crippen molar-refractivity contribution in [2.75, 3.05) is 0 Å². The number of aromatic nitrogens is 5. The zero-order chi connectivity index (χ0) is 22.3. The Bertz CT molecular complexity index is 1570. The van der Waals surface area contributed by atoms with Crippen LogP contribution in [0.15, 0.2) is 77.2 Å². The Balaban J connectivity index is 1.33. The number of nitrogens with one attached hydrogen (secondary N) is 2. The van der Waals surface area contributed by atoms with Crippen LogP contribution in [0.1, 0.15) is 15.9 Å². The van der Waals surface area contributed by atoms with E-state index in [0.717, 1.165) is 10.9 Å². The maximum atomic E-state index is 13.1. The molecule has 5 aromatic rings. The molecule has 2 N–H and O–H groups in total. The molecule has 0 atom stereocenters. The number of aromatic amines is 1. The molecule has 1 amide bonds. The van der Waals surface area contributed by atoms with Gasteiger partial charge in [0.1, 0.15) is 5.65 Å².